The van der Waals surface area contributed by atoms with E-state index in [-0.39, 0.29) is 18.4 Å². The molecule has 0 saturated carbocycles. The van der Waals surface area contributed by atoms with Crippen LogP contribution in [0.15, 0.2) is 24.3 Å². The highest BCUT2D eigenvalue weighted by atomic mass is 19.3. The second-order valence-corrected chi connectivity index (χ2v) is 3.79. The standard InChI is InChI=1S/C12H16F2N2O3/c1-2-8(7-17)15-12(18)16-9-3-5-10(6-4-9)19-11(13)14/h3-6,8,11,17H,2,7H2,1H3,(H2,15,16,18). The van der Waals surface area contributed by atoms with Gasteiger partial charge in [-0.3, -0.25) is 0 Å². The Labute approximate surface area is 109 Å². The average molecular weight is 274 g/mol. The quantitative estimate of drug-likeness (QED) is 0.744. The van der Waals surface area contributed by atoms with Crippen molar-refractivity contribution in [2.75, 3.05) is 11.9 Å². The minimum Gasteiger partial charge on any atom is -0.435 e. The van der Waals surface area contributed by atoms with E-state index in [1.165, 1.54) is 24.3 Å². The average Bonchev–Trinajstić information content (AvgIpc) is 2.37. The predicted molar refractivity (Wildman–Crippen MR) is 66.4 cm³/mol. The first-order chi connectivity index (χ1) is 9.05. The number of nitrogens with one attached hydrogen (secondary N) is 2. The summed E-state index contributed by atoms with van der Waals surface area (Å²) >= 11 is 0. The van der Waals surface area contributed by atoms with E-state index in [4.69, 9.17) is 5.11 Å². The summed E-state index contributed by atoms with van der Waals surface area (Å²) in [5.74, 6) is 0.0164. The van der Waals surface area contributed by atoms with Gasteiger partial charge in [-0.1, -0.05) is 6.92 Å². The van der Waals surface area contributed by atoms with E-state index in [2.05, 4.69) is 15.4 Å². The zero-order valence-corrected chi connectivity index (χ0v) is 10.4. The molecule has 0 heterocycles. The molecule has 5 nitrogen and oxygen atoms in total. The fourth-order valence-electron chi connectivity index (χ4n) is 1.35. The summed E-state index contributed by atoms with van der Waals surface area (Å²) in [5, 5.41) is 14.0. The molecule has 106 valence electrons. The molecule has 19 heavy (non-hydrogen) atoms. The molecule has 0 bridgehead atoms. The highest BCUT2D eigenvalue weighted by molar-refractivity contribution is 5.89. The van der Waals surface area contributed by atoms with Gasteiger partial charge >= 0.3 is 12.6 Å². The van der Waals surface area contributed by atoms with Gasteiger partial charge in [0.1, 0.15) is 5.75 Å². The van der Waals surface area contributed by atoms with Crippen molar-refractivity contribution < 1.29 is 23.4 Å². The van der Waals surface area contributed by atoms with Crippen molar-refractivity contribution in [3.63, 3.8) is 0 Å². The summed E-state index contributed by atoms with van der Waals surface area (Å²) in [6.45, 7) is -1.19. The molecule has 7 heteroatoms. The number of aliphatic hydroxyl groups excluding tert-OH is 1. The molecule has 0 aromatic heterocycles. The summed E-state index contributed by atoms with van der Waals surface area (Å²) in [6, 6.07) is 4.75. The normalized spacial score (nSPS) is 12.1. The number of ether oxygens (including phenoxy) is 1. The van der Waals surface area contributed by atoms with Crippen LogP contribution in [0.5, 0.6) is 5.75 Å². The van der Waals surface area contributed by atoms with Crippen LogP contribution in [0.2, 0.25) is 0 Å². The third-order valence-electron chi connectivity index (χ3n) is 2.39. The van der Waals surface area contributed by atoms with Gasteiger partial charge in [-0.25, -0.2) is 4.79 Å². The van der Waals surface area contributed by atoms with Crippen LogP contribution < -0.4 is 15.4 Å². The number of alkyl halides is 2. The second kappa shape index (κ2) is 7.52. The fraction of sp³-hybridized carbons (Fsp3) is 0.417. The van der Waals surface area contributed by atoms with E-state index in [1.807, 2.05) is 6.92 Å². The van der Waals surface area contributed by atoms with Gasteiger partial charge < -0.3 is 20.5 Å². The first-order valence-electron chi connectivity index (χ1n) is 5.78. The molecular weight excluding hydrogens is 258 g/mol. The first kappa shape index (κ1) is 15.2. The number of hydrogen-bond donors (Lipinski definition) is 3. The number of amides is 2. The minimum absolute atomic E-state index is 0.0164. The number of benzene rings is 1. The molecule has 1 rings (SSSR count). The maximum absolute atomic E-state index is 11.9. The molecule has 1 aromatic carbocycles. The Morgan fingerprint density at radius 3 is 2.47 bits per heavy atom. The molecule has 1 aromatic rings. The van der Waals surface area contributed by atoms with E-state index in [9.17, 15) is 13.6 Å². The summed E-state index contributed by atoms with van der Waals surface area (Å²) in [4.78, 5) is 11.5. The summed E-state index contributed by atoms with van der Waals surface area (Å²) in [6.07, 6.45) is 0.602. The monoisotopic (exact) mass is 274 g/mol. The summed E-state index contributed by atoms with van der Waals surface area (Å²) in [5.41, 5.74) is 0.437. The van der Waals surface area contributed by atoms with Gasteiger partial charge in [0.25, 0.3) is 0 Å². The lowest BCUT2D eigenvalue weighted by atomic mass is 10.2. The van der Waals surface area contributed by atoms with Gasteiger partial charge in [-0.15, -0.1) is 0 Å². The zero-order chi connectivity index (χ0) is 14.3. The van der Waals surface area contributed by atoms with Crippen molar-refractivity contribution in [3.8, 4) is 5.75 Å². The maximum Gasteiger partial charge on any atom is 0.387 e. The van der Waals surface area contributed by atoms with Crippen LogP contribution in [-0.4, -0.2) is 30.4 Å². The van der Waals surface area contributed by atoms with Crippen LogP contribution in [0.1, 0.15) is 13.3 Å². The number of aliphatic hydroxyl groups is 1. The number of halogens is 2. The number of anilines is 1. The number of hydrogen-bond acceptors (Lipinski definition) is 3. The molecule has 0 fully saturated rings. The Hall–Kier alpha value is -1.89. The molecule has 2 amide bonds. The molecule has 0 aliphatic carbocycles. The molecule has 3 N–H and O–H groups in total. The molecule has 0 saturated heterocycles. The highest BCUT2D eigenvalue weighted by Gasteiger charge is 2.09. The molecule has 0 spiro atoms. The number of carbonyl (C=O) groups is 1. The largest absolute Gasteiger partial charge is 0.435 e. The van der Waals surface area contributed by atoms with Crippen molar-refractivity contribution in [2.45, 2.75) is 26.0 Å². The Bertz CT molecular complexity index is 394. The SMILES string of the molecule is CCC(CO)NC(=O)Nc1ccc(OC(F)F)cc1. The minimum atomic E-state index is -2.88. The van der Waals surface area contributed by atoms with Gasteiger partial charge in [0.15, 0.2) is 0 Å². The van der Waals surface area contributed by atoms with Crippen LogP contribution in [0.4, 0.5) is 19.3 Å². The van der Waals surface area contributed by atoms with Crippen molar-refractivity contribution in [2.24, 2.45) is 0 Å². The predicted octanol–water partition coefficient (Wildman–Crippen LogP) is 2.18. The van der Waals surface area contributed by atoms with E-state index in [0.717, 1.165) is 0 Å². The molecule has 0 aliphatic rings. The van der Waals surface area contributed by atoms with E-state index < -0.39 is 12.6 Å². The Morgan fingerprint density at radius 1 is 1.37 bits per heavy atom. The van der Waals surface area contributed by atoms with Gasteiger partial charge in [0, 0.05) is 5.69 Å². The van der Waals surface area contributed by atoms with Gasteiger partial charge in [-0.05, 0) is 30.7 Å². The van der Waals surface area contributed by atoms with E-state index >= 15 is 0 Å². The van der Waals surface area contributed by atoms with E-state index in [1.54, 1.807) is 0 Å². The lowest BCUT2D eigenvalue weighted by molar-refractivity contribution is -0.0498. The van der Waals surface area contributed by atoms with Crippen LogP contribution in [-0.2, 0) is 0 Å². The summed E-state index contributed by atoms with van der Waals surface area (Å²) < 4.78 is 28.0. The van der Waals surface area contributed by atoms with Crippen LogP contribution in [0.3, 0.4) is 0 Å². The number of rotatable bonds is 6. The van der Waals surface area contributed by atoms with Gasteiger partial charge in [0.05, 0.1) is 12.6 Å². The fourth-order valence-corrected chi connectivity index (χ4v) is 1.35. The number of carbonyl (C=O) groups excluding carboxylic acids is 1. The smallest absolute Gasteiger partial charge is 0.387 e. The Kier molecular flexibility index (Phi) is 6.01. The van der Waals surface area contributed by atoms with E-state index in [0.29, 0.717) is 12.1 Å². The third-order valence-corrected chi connectivity index (χ3v) is 2.39. The molecule has 1 atom stereocenters. The van der Waals surface area contributed by atoms with Gasteiger partial charge in [0.2, 0.25) is 0 Å². The molecular formula is C12H16F2N2O3. The lowest BCUT2D eigenvalue weighted by Gasteiger charge is -2.14. The van der Waals surface area contributed by atoms with Crippen molar-refractivity contribution in [1.82, 2.24) is 5.32 Å². The van der Waals surface area contributed by atoms with Gasteiger partial charge in [-0.2, -0.15) is 8.78 Å². The Balaban J connectivity index is 2.50. The molecule has 0 aliphatic heterocycles. The molecule has 1 unspecified atom stereocenters. The lowest BCUT2D eigenvalue weighted by Crippen LogP contribution is -2.39. The van der Waals surface area contributed by atoms with Crippen LogP contribution in [0, 0.1) is 0 Å². The van der Waals surface area contributed by atoms with Crippen molar-refractivity contribution in [1.29, 1.82) is 0 Å². The maximum atomic E-state index is 11.9. The second-order valence-electron chi connectivity index (χ2n) is 3.79. The third kappa shape index (κ3) is 5.52. The van der Waals surface area contributed by atoms with Crippen molar-refractivity contribution in [3.05, 3.63) is 24.3 Å². The van der Waals surface area contributed by atoms with Crippen LogP contribution >= 0.6 is 0 Å². The first-order valence-corrected chi connectivity index (χ1v) is 5.78. The highest BCUT2D eigenvalue weighted by Crippen LogP contribution is 2.17. The number of urea groups is 1. The zero-order valence-electron chi connectivity index (χ0n) is 10.4. The topological polar surface area (TPSA) is 70.6 Å². The Morgan fingerprint density at radius 2 is 2.00 bits per heavy atom. The molecule has 0 radical (unpaired) electrons. The summed E-state index contributed by atoms with van der Waals surface area (Å²) in [7, 11) is 0. The van der Waals surface area contributed by atoms with Crippen molar-refractivity contribution >= 4 is 11.7 Å². The van der Waals surface area contributed by atoms with Crippen LogP contribution in [0.25, 0.3) is 0 Å².